The summed E-state index contributed by atoms with van der Waals surface area (Å²) in [7, 11) is 2.15. The summed E-state index contributed by atoms with van der Waals surface area (Å²) >= 11 is 5.73. The quantitative estimate of drug-likeness (QED) is 0.625. The summed E-state index contributed by atoms with van der Waals surface area (Å²) in [4.78, 5) is 23.1. The smallest absolute Gasteiger partial charge is 0.324 e. The van der Waals surface area contributed by atoms with Crippen molar-refractivity contribution in [2.75, 3.05) is 14.2 Å². The number of nitrogens with zero attached hydrogens (tertiary/aromatic N) is 1. The van der Waals surface area contributed by atoms with Crippen LogP contribution in [0.5, 0.6) is 0 Å². The molecule has 7 heteroatoms. The summed E-state index contributed by atoms with van der Waals surface area (Å²) < 4.78 is 22.6. The fourth-order valence-electron chi connectivity index (χ4n) is 1.46. The average molecular weight is 286 g/mol. The molecule has 0 aliphatic carbocycles. The zero-order chi connectivity index (χ0) is 14.6. The lowest BCUT2D eigenvalue weighted by Gasteiger charge is -2.14. The molecule has 1 aromatic rings. The summed E-state index contributed by atoms with van der Waals surface area (Å²) in [6, 6.07) is 3.93. The normalized spacial score (nSPS) is 9.89. The third-order valence-electron chi connectivity index (χ3n) is 2.42. The van der Waals surface area contributed by atoms with Crippen LogP contribution in [0.25, 0.3) is 0 Å². The van der Waals surface area contributed by atoms with E-state index in [9.17, 15) is 14.0 Å². The topological polar surface area (TPSA) is 76.4 Å². The first kappa shape index (κ1) is 14.9. The maximum Gasteiger partial charge on any atom is 0.324 e. The standard InChI is InChI=1S/C12H9ClFNO4/c1-18-11(16)8(12(17)19-2)7-4-3-6(5-15)10(14)9(7)13/h3-4,8H,1-2H3. The summed E-state index contributed by atoms with van der Waals surface area (Å²) in [6.07, 6.45) is 0. The van der Waals surface area contributed by atoms with Crippen LogP contribution in [0.15, 0.2) is 12.1 Å². The van der Waals surface area contributed by atoms with E-state index in [2.05, 4.69) is 9.47 Å². The molecule has 5 nitrogen and oxygen atoms in total. The predicted molar refractivity (Wildman–Crippen MR) is 62.9 cm³/mol. The molecule has 0 bridgehead atoms. The van der Waals surface area contributed by atoms with Gasteiger partial charge in [0.15, 0.2) is 11.7 Å². The van der Waals surface area contributed by atoms with E-state index < -0.39 is 28.7 Å². The Morgan fingerprint density at radius 2 is 1.84 bits per heavy atom. The number of hydrogen-bond donors (Lipinski definition) is 0. The Morgan fingerprint density at radius 3 is 2.26 bits per heavy atom. The number of nitriles is 1. The van der Waals surface area contributed by atoms with Crippen molar-refractivity contribution in [2.24, 2.45) is 0 Å². The Hall–Kier alpha value is -2.13. The number of hydrogen-bond acceptors (Lipinski definition) is 5. The number of carbonyl (C=O) groups is 2. The van der Waals surface area contributed by atoms with E-state index in [4.69, 9.17) is 16.9 Å². The first-order chi connectivity index (χ1) is 8.97. The molecule has 0 amide bonds. The first-order valence-electron chi connectivity index (χ1n) is 5.01. The monoisotopic (exact) mass is 285 g/mol. The zero-order valence-corrected chi connectivity index (χ0v) is 10.8. The van der Waals surface area contributed by atoms with Crippen molar-refractivity contribution in [3.05, 3.63) is 34.1 Å². The molecule has 0 atom stereocenters. The Bertz CT molecular complexity index is 552. The van der Waals surface area contributed by atoms with Gasteiger partial charge in [-0.1, -0.05) is 17.7 Å². The second-order valence-electron chi connectivity index (χ2n) is 3.42. The molecular weight excluding hydrogens is 277 g/mol. The van der Waals surface area contributed by atoms with E-state index in [0.717, 1.165) is 20.3 Å². The Labute approximate surface area is 113 Å². The fourth-order valence-corrected chi connectivity index (χ4v) is 1.73. The maximum absolute atomic E-state index is 13.7. The minimum atomic E-state index is -1.50. The van der Waals surface area contributed by atoms with Crippen LogP contribution >= 0.6 is 11.6 Å². The minimum absolute atomic E-state index is 0.114. The fraction of sp³-hybridized carbons (Fsp3) is 0.250. The van der Waals surface area contributed by atoms with Crippen molar-refractivity contribution in [3.63, 3.8) is 0 Å². The van der Waals surface area contributed by atoms with Gasteiger partial charge in [-0.25, -0.2) is 4.39 Å². The third-order valence-corrected chi connectivity index (χ3v) is 2.80. The number of halogens is 2. The summed E-state index contributed by atoms with van der Waals surface area (Å²) in [6.45, 7) is 0. The zero-order valence-electron chi connectivity index (χ0n) is 10.1. The first-order valence-corrected chi connectivity index (χ1v) is 5.39. The van der Waals surface area contributed by atoms with Crippen LogP contribution in [-0.4, -0.2) is 26.2 Å². The van der Waals surface area contributed by atoms with Gasteiger partial charge in [0, 0.05) is 0 Å². The number of rotatable bonds is 3. The van der Waals surface area contributed by atoms with E-state index in [0.29, 0.717) is 0 Å². The predicted octanol–water partition coefficient (Wildman–Crippen LogP) is 1.78. The number of carbonyl (C=O) groups excluding carboxylic acids is 2. The lowest BCUT2D eigenvalue weighted by molar-refractivity contribution is -0.154. The van der Waals surface area contributed by atoms with Crippen LogP contribution in [0.3, 0.4) is 0 Å². The van der Waals surface area contributed by atoms with Gasteiger partial charge in [-0.2, -0.15) is 5.26 Å². The summed E-state index contributed by atoms with van der Waals surface area (Å²) in [5.74, 6) is -4.36. The Kier molecular flexibility index (Phi) is 4.84. The van der Waals surface area contributed by atoms with Crippen molar-refractivity contribution >= 4 is 23.5 Å². The molecular formula is C12H9ClFNO4. The Balaban J connectivity index is 3.40. The molecule has 1 rings (SSSR count). The van der Waals surface area contributed by atoms with E-state index in [1.54, 1.807) is 6.07 Å². The van der Waals surface area contributed by atoms with Gasteiger partial charge in [0.2, 0.25) is 0 Å². The van der Waals surface area contributed by atoms with Crippen molar-refractivity contribution in [1.82, 2.24) is 0 Å². The molecule has 0 N–H and O–H groups in total. The second-order valence-corrected chi connectivity index (χ2v) is 3.80. The molecule has 0 radical (unpaired) electrons. The lowest BCUT2D eigenvalue weighted by Crippen LogP contribution is -2.25. The molecule has 0 heterocycles. The van der Waals surface area contributed by atoms with Gasteiger partial charge in [0.1, 0.15) is 6.07 Å². The van der Waals surface area contributed by atoms with Gasteiger partial charge < -0.3 is 9.47 Å². The highest BCUT2D eigenvalue weighted by Gasteiger charge is 2.33. The highest BCUT2D eigenvalue weighted by atomic mass is 35.5. The molecule has 0 unspecified atom stereocenters. The van der Waals surface area contributed by atoms with E-state index in [-0.39, 0.29) is 11.1 Å². The van der Waals surface area contributed by atoms with Gasteiger partial charge in [-0.3, -0.25) is 9.59 Å². The number of benzene rings is 1. The largest absolute Gasteiger partial charge is 0.468 e. The molecule has 100 valence electrons. The van der Waals surface area contributed by atoms with Crippen molar-refractivity contribution < 1.29 is 23.5 Å². The molecule has 19 heavy (non-hydrogen) atoms. The highest BCUT2D eigenvalue weighted by Crippen LogP contribution is 2.30. The molecule has 0 saturated heterocycles. The van der Waals surface area contributed by atoms with Gasteiger partial charge in [0.05, 0.1) is 24.8 Å². The molecule has 0 saturated carbocycles. The van der Waals surface area contributed by atoms with E-state index in [1.807, 2.05) is 0 Å². The van der Waals surface area contributed by atoms with Gasteiger partial charge in [0.25, 0.3) is 0 Å². The Morgan fingerprint density at radius 1 is 1.32 bits per heavy atom. The van der Waals surface area contributed by atoms with Crippen LogP contribution in [-0.2, 0) is 19.1 Å². The summed E-state index contributed by atoms with van der Waals surface area (Å²) in [5.41, 5.74) is -0.404. The SMILES string of the molecule is COC(=O)C(C(=O)OC)c1ccc(C#N)c(F)c1Cl. The number of esters is 2. The maximum atomic E-state index is 13.7. The van der Waals surface area contributed by atoms with Crippen molar-refractivity contribution in [2.45, 2.75) is 5.92 Å². The molecule has 0 aliphatic rings. The van der Waals surface area contributed by atoms with Gasteiger partial charge in [-0.05, 0) is 11.6 Å². The molecule has 1 aromatic carbocycles. The number of methoxy groups -OCH3 is 2. The molecule has 0 fully saturated rings. The molecule has 0 aromatic heterocycles. The second kappa shape index (κ2) is 6.16. The van der Waals surface area contributed by atoms with Gasteiger partial charge in [-0.15, -0.1) is 0 Å². The third kappa shape index (κ3) is 2.83. The van der Waals surface area contributed by atoms with E-state index >= 15 is 0 Å². The summed E-state index contributed by atoms with van der Waals surface area (Å²) in [5, 5.41) is 8.16. The van der Waals surface area contributed by atoms with Crippen molar-refractivity contribution in [3.8, 4) is 6.07 Å². The molecule has 0 aliphatic heterocycles. The lowest BCUT2D eigenvalue weighted by atomic mass is 9.97. The average Bonchev–Trinajstić information content (AvgIpc) is 2.43. The van der Waals surface area contributed by atoms with Crippen LogP contribution in [0.4, 0.5) is 4.39 Å². The number of ether oxygens (including phenoxy) is 2. The van der Waals surface area contributed by atoms with E-state index in [1.165, 1.54) is 6.07 Å². The van der Waals surface area contributed by atoms with Crippen LogP contribution < -0.4 is 0 Å². The highest BCUT2D eigenvalue weighted by molar-refractivity contribution is 6.32. The van der Waals surface area contributed by atoms with Crippen molar-refractivity contribution in [1.29, 1.82) is 5.26 Å². The van der Waals surface area contributed by atoms with Crippen LogP contribution in [0.1, 0.15) is 17.0 Å². The molecule has 0 spiro atoms. The minimum Gasteiger partial charge on any atom is -0.468 e. The van der Waals surface area contributed by atoms with Crippen LogP contribution in [0.2, 0.25) is 5.02 Å². The van der Waals surface area contributed by atoms with Crippen LogP contribution in [0, 0.1) is 17.1 Å². The van der Waals surface area contributed by atoms with Gasteiger partial charge >= 0.3 is 11.9 Å².